The Morgan fingerprint density at radius 1 is 1.13 bits per heavy atom. The lowest BCUT2D eigenvalue weighted by molar-refractivity contribution is -0.137. The summed E-state index contributed by atoms with van der Waals surface area (Å²) in [5.74, 6) is -1.14. The van der Waals surface area contributed by atoms with E-state index >= 15 is 0 Å². The number of carbonyl (C=O) groups excluding carboxylic acids is 1. The molecule has 5 nitrogen and oxygen atoms in total. The molecule has 120 valence electrons. The molecule has 0 aromatic heterocycles. The van der Waals surface area contributed by atoms with Gasteiger partial charge in [0.1, 0.15) is 11.5 Å². The molecule has 2 aromatic carbocycles. The van der Waals surface area contributed by atoms with Crippen LogP contribution in [0.1, 0.15) is 21.5 Å². The zero-order valence-corrected chi connectivity index (χ0v) is 11.5. The molecule has 3 N–H and O–H groups in total. The van der Waals surface area contributed by atoms with Crippen LogP contribution in [-0.2, 0) is 6.18 Å². The molecule has 23 heavy (non-hydrogen) atoms. The van der Waals surface area contributed by atoms with Crippen LogP contribution in [0, 0.1) is 0 Å². The summed E-state index contributed by atoms with van der Waals surface area (Å²) in [6.45, 7) is 0. The number of phenols is 2. The summed E-state index contributed by atoms with van der Waals surface area (Å²) in [6, 6.07) is 7.57. The average molecular weight is 324 g/mol. The van der Waals surface area contributed by atoms with Crippen molar-refractivity contribution in [1.29, 1.82) is 0 Å². The van der Waals surface area contributed by atoms with Gasteiger partial charge in [0.2, 0.25) is 0 Å². The number of nitrogens with one attached hydrogen (secondary N) is 1. The van der Waals surface area contributed by atoms with Gasteiger partial charge in [0.05, 0.1) is 11.8 Å². The van der Waals surface area contributed by atoms with E-state index in [9.17, 15) is 28.2 Å². The fourth-order valence-electron chi connectivity index (χ4n) is 1.71. The zero-order chi connectivity index (χ0) is 17.0. The Kier molecular flexibility index (Phi) is 4.54. The number of halogens is 3. The van der Waals surface area contributed by atoms with Gasteiger partial charge >= 0.3 is 6.18 Å². The maximum absolute atomic E-state index is 12.6. The molecule has 0 atom stereocenters. The summed E-state index contributed by atoms with van der Waals surface area (Å²) in [5.41, 5.74) is 1.02. The van der Waals surface area contributed by atoms with Crippen molar-refractivity contribution >= 4 is 12.1 Å². The second-order valence-corrected chi connectivity index (χ2v) is 4.52. The van der Waals surface area contributed by atoms with Crippen molar-refractivity contribution in [3.05, 3.63) is 59.2 Å². The number of carbonyl (C=O) groups is 1. The van der Waals surface area contributed by atoms with Gasteiger partial charge in [-0.2, -0.15) is 18.3 Å². The Morgan fingerprint density at radius 3 is 2.57 bits per heavy atom. The van der Waals surface area contributed by atoms with Crippen molar-refractivity contribution in [2.24, 2.45) is 5.10 Å². The summed E-state index contributed by atoms with van der Waals surface area (Å²) < 4.78 is 37.7. The number of aromatic hydroxyl groups is 2. The van der Waals surface area contributed by atoms with Crippen LogP contribution in [0.2, 0.25) is 0 Å². The number of hydrogen-bond acceptors (Lipinski definition) is 4. The van der Waals surface area contributed by atoms with E-state index in [1.165, 1.54) is 24.3 Å². The second kappa shape index (κ2) is 6.39. The quantitative estimate of drug-likeness (QED) is 0.461. The van der Waals surface area contributed by atoms with Crippen molar-refractivity contribution < 1.29 is 28.2 Å². The predicted octanol–water partition coefficient (Wildman–Crippen LogP) is 2.88. The molecule has 0 aliphatic carbocycles. The Morgan fingerprint density at radius 2 is 1.87 bits per heavy atom. The molecule has 2 rings (SSSR count). The van der Waals surface area contributed by atoms with Crippen molar-refractivity contribution in [2.45, 2.75) is 6.18 Å². The largest absolute Gasteiger partial charge is 0.508 e. The molecule has 0 fully saturated rings. The monoisotopic (exact) mass is 324 g/mol. The van der Waals surface area contributed by atoms with Gasteiger partial charge in [-0.15, -0.1) is 0 Å². The highest BCUT2D eigenvalue weighted by Crippen LogP contribution is 2.29. The van der Waals surface area contributed by atoms with Crippen LogP contribution in [-0.4, -0.2) is 22.3 Å². The lowest BCUT2D eigenvalue weighted by atomic mass is 10.1. The first kappa shape index (κ1) is 16.3. The molecule has 0 unspecified atom stereocenters. The maximum atomic E-state index is 12.6. The molecule has 0 bridgehead atoms. The standard InChI is InChI=1S/C15H11F3N2O3/c16-15(17,18)11-3-1-2-9(6-11)14(23)20-19-8-10-7-12(21)4-5-13(10)22/h1-8,21-22H,(H,20,23)/b19-8-. The van der Waals surface area contributed by atoms with Gasteiger partial charge in [0.15, 0.2) is 0 Å². The van der Waals surface area contributed by atoms with Crippen LogP contribution >= 0.6 is 0 Å². The lowest BCUT2D eigenvalue weighted by Gasteiger charge is -2.07. The number of alkyl halides is 3. The molecule has 0 saturated carbocycles. The Hall–Kier alpha value is -3.03. The highest BCUT2D eigenvalue weighted by molar-refractivity contribution is 5.95. The lowest BCUT2D eigenvalue weighted by Crippen LogP contribution is -2.18. The number of benzene rings is 2. The van der Waals surface area contributed by atoms with Gasteiger partial charge in [-0.3, -0.25) is 4.79 Å². The molecule has 0 saturated heterocycles. The van der Waals surface area contributed by atoms with Gasteiger partial charge in [-0.1, -0.05) is 6.07 Å². The van der Waals surface area contributed by atoms with Gasteiger partial charge in [0.25, 0.3) is 5.91 Å². The number of hydrazone groups is 1. The first-order chi connectivity index (χ1) is 10.8. The van der Waals surface area contributed by atoms with Gasteiger partial charge in [0, 0.05) is 11.1 Å². The van der Waals surface area contributed by atoms with E-state index in [4.69, 9.17) is 0 Å². The van der Waals surface area contributed by atoms with Crippen LogP contribution in [0.15, 0.2) is 47.6 Å². The average Bonchev–Trinajstić information content (AvgIpc) is 2.50. The van der Waals surface area contributed by atoms with E-state index in [1.54, 1.807) is 0 Å². The smallest absolute Gasteiger partial charge is 0.416 e. The fraction of sp³-hybridized carbons (Fsp3) is 0.0667. The molecular formula is C15H11F3N2O3. The third kappa shape index (κ3) is 4.22. The molecule has 0 aliphatic heterocycles. The minimum atomic E-state index is -4.55. The zero-order valence-electron chi connectivity index (χ0n) is 11.5. The molecular weight excluding hydrogens is 313 g/mol. The number of phenolic OH excluding ortho intramolecular Hbond substituents is 2. The van der Waals surface area contributed by atoms with Gasteiger partial charge in [-0.25, -0.2) is 5.43 Å². The number of hydrogen-bond donors (Lipinski definition) is 3. The fourth-order valence-corrected chi connectivity index (χ4v) is 1.71. The number of amides is 1. The number of nitrogens with zero attached hydrogens (tertiary/aromatic N) is 1. The Balaban J connectivity index is 2.11. The third-order valence-corrected chi connectivity index (χ3v) is 2.83. The number of rotatable bonds is 3. The normalized spacial score (nSPS) is 11.6. The van der Waals surface area contributed by atoms with E-state index in [2.05, 4.69) is 5.10 Å². The topological polar surface area (TPSA) is 81.9 Å². The molecule has 0 aliphatic rings. The van der Waals surface area contributed by atoms with Crippen molar-refractivity contribution in [2.75, 3.05) is 0 Å². The molecule has 0 spiro atoms. The highest BCUT2D eigenvalue weighted by atomic mass is 19.4. The molecule has 0 heterocycles. The summed E-state index contributed by atoms with van der Waals surface area (Å²) in [5, 5.41) is 22.3. The molecule has 1 amide bonds. The first-order valence-electron chi connectivity index (χ1n) is 6.30. The van der Waals surface area contributed by atoms with Crippen LogP contribution in [0.4, 0.5) is 13.2 Å². The Labute approximate surface area is 128 Å². The molecule has 8 heteroatoms. The molecule has 2 aromatic rings. The van der Waals surface area contributed by atoms with Crippen molar-refractivity contribution in [3.8, 4) is 11.5 Å². The van der Waals surface area contributed by atoms with E-state index in [1.807, 2.05) is 5.43 Å². The van der Waals surface area contributed by atoms with Crippen LogP contribution in [0.25, 0.3) is 0 Å². The van der Waals surface area contributed by atoms with Crippen molar-refractivity contribution in [3.63, 3.8) is 0 Å². The van der Waals surface area contributed by atoms with E-state index in [0.29, 0.717) is 6.07 Å². The van der Waals surface area contributed by atoms with Crippen LogP contribution < -0.4 is 5.43 Å². The van der Waals surface area contributed by atoms with E-state index < -0.39 is 17.6 Å². The first-order valence-corrected chi connectivity index (χ1v) is 6.30. The SMILES string of the molecule is O=C(N/N=C\c1cc(O)ccc1O)c1cccc(C(F)(F)F)c1. The van der Waals surface area contributed by atoms with Gasteiger partial charge in [-0.05, 0) is 36.4 Å². The minimum Gasteiger partial charge on any atom is -0.508 e. The summed E-state index contributed by atoms with van der Waals surface area (Å²) >= 11 is 0. The van der Waals surface area contributed by atoms with Gasteiger partial charge < -0.3 is 10.2 Å². The Bertz CT molecular complexity index is 758. The maximum Gasteiger partial charge on any atom is 0.416 e. The van der Waals surface area contributed by atoms with Crippen LogP contribution in [0.5, 0.6) is 11.5 Å². The van der Waals surface area contributed by atoms with Crippen molar-refractivity contribution in [1.82, 2.24) is 5.43 Å². The summed E-state index contributed by atoms with van der Waals surface area (Å²) in [6.07, 6.45) is -3.49. The third-order valence-electron chi connectivity index (χ3n) is 2.83. The van der Waals surface area contributed by atoms with E-state index in [-0.39, 0.29) is 22.6 Å². The summed E-state index contributed by atoms with van der Waals surface area (Å²) in [7, 11) is 0. The van der Waals surface area contributed by atoms with Crippen LogP contribution in [0.3, 0.4) is 0 Å². The van der Waals surface area contributed by atoms with E-state index in [0.717, 1.165) is 18.3 Å². The summed E-state index contributed by atoms with van der Waals surface area (Å²) in [4.78, 5) is 11.8. The highest BCUT2D eigenvalue weighted by Gasteiger charge is 2.30. The minimum absolute atomic E-state index is 0.117. The second-order valence-electron chi connectivity index (χ2n) is 4.52. The predicted molar refractivity (Wildman–Crippen MR) is 76.3 cm³/mol. The molecule has 0 radical (unpaired) electrons.